The largest absolute Gasteiger partial charge is 0.294 e. The summed E-state index contributed by atoms with van der Waals surface area (Å²) in [5, 5.41) is 0. The summed E-state index contributed by atoms with van der Waals surface area (Å²) in [5.41, 5.74) is 3.97. The van der Waals surface area contributed by atoms with E-state index in [0.29, 0.717) is 33.6 Å². The molecule has 0 radical (unpaired) electrons. The Morgan fingerprint density at radius 2 is 0.778 bits per heavy atom. The molecule has 10 heteroatoms. The van der Waals surface area contributed by atoms with Crippen LogP contribution < -0.4 is 0 Å². The molecule has 0 bridgehead atoms. The van der Waals surface area contributed by atoms with Crippen molar-refractivity contribution in [3.8, 4) is 0 Å². The smallest absolute Gasteiger partial charge is 0.282 e. The molecule has 0 aliphatic heterocycles. The number of aliphatic imine (C=N–C) groups is 2. The van der Waals surface area contributed by atoms with Crippen molar-refractivity contribution < 1.29 is 25.9 Å². The number of hydrogen-bond acceptors (Lipinski definition) is 6. The van der Waals surface area contributed by atoms with Crippen LogP contribution in [0.15, 0.2) is 44.0 Å². The molecule has 0 spiro atoms. The molecule has 0 saturated carbocycles. The quantitative estimate of drug-likeness (QED) is 0.268. The highest BCUT2D eigenvalue weighted by Gasteiger charge is 2.21. The van der Waals surface area contributed by atoms with E-state index in [0.717, 1.165) is 0 Å². The Morgan fingerprint density at radius 1 is 0.556 bits per heavy atom. The van der Waals surface area contributed by atoms with Gasteiger partial charge in [-0.1, -0.05) is 55.4 Å². The number of hydrogen-bond donors (Lipinski definition) is 2. The summed E-state index contributed by atoms with van der Waals surface area (Å²) in [6.45, 7) is 15.3. The zero-order valence-corrected chi connectivity index (χ0v) is 23.6. The third kappa shape index (κ3) is 7.09. The minimum Gasteiger partial charge on any atom is -0.282 e. The molecule has 0 fully saturated rings. The molecule has 8 nitrogen and oxygen atoms in total. The molecule has 2 aromatic rings. The van der Waals surface area contributed by atoms with E-state index in [2.05, 4.69) is 9.98 Å². The van der Waals surface area contributed by atoms with Gasteiger partial charge in [0.25, 0.3) is 20.2 Å². The van der Waals surface area contributed by atoms with Crippen LogP contribution in [0.5, 0.6) is 0 Å². The van der Waals surface area contributed by atoms with Crippen LogP contribution in [0.3, 0.4) is 0 Å². The molecular weight excluding hydrogens is 500 g/mol. The highest BCUT2D eigenvalue weighted by Crippen LogP contribution is 2.38. The normalized spacial score (nSPS) is 13.4. The van der Waals surface area contributed by atoms with Crippen molar-refractivity contribution in [1.82, 2.24) is 0 Å². The van der Waals surface area contributed by atoms with Gasteiger partial charge in [0, 0.05) is 12.4 Å². The summed E-state index contributed by atoms with van der Waals surface area (Å²) in [6.07, 6.45) is 3.04. The Morgan fingerprint density at radius 3 is 0.944 bits per heavy atom. The Labute approximate surface area is 215 Å². The minimum absolute atomic E-state index is 0.0543. The van der Waals surface area contributed by atoms with E-state index in [4.69, 9.17) is 0 Å². The first-order valence-corrected chi connectivity index (χ1v) is 14.7. The average Bonchev–Trinajstić information content (AvgIpc) is 2.73. The van der Waals surface area contributed by atoms with E-state index in [-0.39, 0.29) is 33.5 Å². The van der Waals surface area contributed by atoms with Crippen LogP contribution in [0.25, 0.3) is 0 Å². The fourth-order valence-electron chi connectivity index (χ4n) is 3.88. The molecule has 198 valence electrons. The topological polar surface area (TPSA) is 133 Å². The Bertz CT molecular complexity index is 1220. The van der Waals surface area contributed by atoms with E-state index in [1.165, 1.54) is 36.7 Å². The molecule has 2 N–H and O–H groups in total. The first-order valence-electron chi connectivity index (χ1n) is 11.8. The molecule has 0 aliphatic rings. The lowest BCUT2D eigenvalue weighted by atomic mass is 9.93. The van der Waals surface area contributed by atoms with Crippen molar-refractivity contribution in [2.45, 2.75) is 88.9 Å². The second kappa shape index (κ2) is 11.3. The zero-order valence-electron chi connectivity index (χ0n) is 22.0. The molecule has 0 unspecified atom stereocenters. The van der Waals surface area contributed by atoms with Gasteiger partial charge in [-0.2, -0.15) is 16.8 Å². The van der Waals surface area contributed by atoms with Crippen molar-refractivity contribution in [2.75, 3.05) is 0 Å². The highest BCUT2D eigenvalue weighted by atomic mass is 32.2. The Kier molecular flexibility index (Phi) is 9.39. The van der Waals surface area contributed by atoms with Gasteiger partial charge in [0.1, 0.15) is 0 Å². The van der Waals surface area contributed by atoms with Gasteiger partial charge >= 0.3 is 0 Å². The van der Waals surface area contributed by atoms with Gasteiger partial charge in [0.05, 0.1) is 21.2 Å². The van der Waals surface area contributed by atoms with E-state index in [1.807, 2.05) is 55.4 Å². The van der Waals surface area contributed by atoms with Crippen LogP contribution in [-0.4, -0.2) is 38.4 Å². The summed E-state index contributed by atoms with van der Waals surface area (Å²) in [7, 11) is -8.74. The van der Waals surface area contributed by atoms with Crippen molar-refractivity contribution >= 4 is 44.0 Å². The molecule has 0 aromatic heterocycles. The lowest BCUT2D eigenvalue weighted by Crippen LogP contribution is -2.04. The third-order valence-electron chi connectivity index (χ3n) is 5.84. The molecule has 0 atom stereocenters. The maximum Gasteiger partial charge on any atom is 0.294 e. The summed E-state index contributed by atoms with van der Waals surface area (Å²) in [4.78, 5) is 8.89. The molecule has 0 heterocycles. The lowest BCUT2D eigenvalue weighted by Gasteiger charge is -2.18. The predicted octanol–water partition coefficient (Wildman–Crippen LogP) is 6.78. The van der Waals surface area contributed by atoms with Crippen LogP contribution in [-0.2, 0) is 20.2 Å². The second-order valence-electron chi connectivity index (χ2n) is 10.0. The Balaban J connectivity index is 2.67. The zero-order chi connectivity index (χ0) is 27.6. The molecule has 36 heavy (non-hydrogen) atoms. The Hall–Kier alpha value is -2.40. The maximum absolute atomic E-state index is 11.8. The fourth-order valence-corrected chi connectivity index (χ4v) is 4.98. The standard InChI is InChI=1S/C26H36N2O6S2/c1-15(2)21-11-19(35(29,30)31)12-22(16(3)4)25(21)27-9-10-28-26-23(17(5)6)13-20(36(32,33)34)14-24(26)18(7)8/h9-18H,1-8H3,(H,29,30,31)(H,32,33,34). The first-order chi connectivity index (χ1) is 16.4. The van der Waals surface area contributed by atoms with Gasteiger partial charge in [-0.3, -0.25) is 19.1 Å². The van der Waals surface area contributed by atoms with Crippen LogP contribution in [0, 0.1) is 0 Å². The summed E-state index contributed by atoms with van der Waals surface area (Å²) in [6, 6.07) is 5.77. The number of rotatable bonds is 9. The monoisotopic (exact) mass is 536 g/mol. The summed E-state index contributed by atoms with van der Waals surface area (Å²) >= 11 is 0. The minimum atomic E-state index is -4.37. The van der Waals surface area contributed by atoms with Gasteiger partial charge in [-0.25, -0.2) is 0 Å². The van der Waals surface area contributed by atoms with Gasteiger partial charge < -0.3 is 0 Å². The van der Waals surface area contributed by atoms with Crippen molar-refractivity contribution in [3.05, 3.63) is 46.5 Å². The SMILES string of the molecule is CC(C)c1cc(S(=O)(=O)O)cc(C(C)C)c1N=CC=Nc1c(C(C)C)cc(S(=O)(=O)O)cc1C(C)C. The van der Waals surface area contributed by atoms with Gasteiger partial charge in [0.15, 0.2) is 0 Å². The van der Waals surface area contributed by atoms with E-state index in [1.54, 1.807) is 0 Å². The molecule has 2 rings (SSSR count). The maximum atomic E-state index is 11.8. The number of benzene rings is 2. The van der Waals surface area contributed by atoms with E-state index < -0.39 is 20.2 Å². The second-order valence-corrected chi connectivity index (χ2v) is 12.9. The highest BCUT2D eigenvalue weighted by molar-refractivity contribution is 7.86. The fraction of sp³-hybridized carbons (Fsp3) is 0.462. The van der Waals surface area contributed by atoms with Crippen LogP contribution in [0.1, 0.15) is 101 Å². The molecular formula is C26H36N2O6S2. The van der Waals surface area contributed by atoms with Crippen molar-refractivity contribution in [3.63, 3.8) is 0 Å². The predicted molar refractivity (Wildman–Crippen MR) is 145 cm³/mol. The van der Waals surface area contributed by atoms with Crippen LogP contribution in [0.2, 0.25) is 0 Å². The van der Waals surface area contributed by atoms with Crippen molar-refractivity contribution in [2.24, 2.45) is 9.98 Å². The lowest BCUT2D eigenvalue weighted by molar-refractivity contribution is 0.480. The van der Waals surface area contributed by atoms with E-state index >= 15 is 0 Å². The van der Waals surface area contributed by atoms with Gasteiger partial charge in [-0.15, -0.1) is 0 Å². The molecule has 0 amide bonds. The van der Waals surface area contributed by atoms with Crippen molar-refractivity contribution in [1.29, 1.82) is 0 Å². The van der Waals surface area contributed by atoms with Gasteiger partial charge in [-0.05, 0) is 70.2 Å². The summed E-state index contributed by atoms with van der Waals surface area (Å²) < 4.78 is 66.5. The average molecular weight is 537 g/mol. The van der Waals surface area contributed by atoms with E-state index in [9.17, 15) is 25.9 Å². The number of nitrogens with zero attached hydrogens (tertiary/aromatic N) is 2. The molecule has 0 saturated heterocycles. The first kappa shape index (κ1) is 29.8. The third-order valence-corrected chi connectivity index (χ3v) is 7.51. The molecule has 2 aromatic carbocycles. The molecule has 0 aliphatic carbocycles. The summed E-state index contributed by atoms with van der Waals surface area (Å²) in [5.74, 6) is -0.217. The van der Waals surface area contributed by atoms with Crippen LogP contribution in [0.4, 0.5) is 11.4 Å². The van der Waals surface area contributed by atoms with Crippen LogP contribution >= 0.6 is 0 Å². The van der Waals surface area contributed by atoms with Gasteiger partial charge in [0.2, 0.25) is 0 Å².